The lowest BCUT2D eigenvalue weighted by molar-refractivity contribution is 0.0921. The third kappa shape index (κ3) is 2.99. The van der Waals surface area contributed by atoms with Crippen molar-refractivity contribution in [3.8, 4) is 0 Å². The number of amides is 2. The molecule has 0 atom stereocenters. The Balaban J connectivity index is 1.59. The van der Waals surface area contributed by atoms with Gasteiger partial charge in [0.2, 0.25) is 0 Å². The summed E-state index contributed by atoms with van der Waals surface area (Å²) < 4.78 is 1.97. The van der Waals surface area contributed by atoms with Gasteiger partial charge in [-0.05, 0) is 44.9 Å². The van der Waals surface area contributed by atoms with E-state index in [0.29, 0.717) is 17.6 Å². The van der Waals surface area contributed by atoms with Gasteiger partial charge in [-0.2, -0.15) is 0 Å². The minimum Gasteiger partial charge on any atom is -0.348 e. The second-order valence-electron chi connectivity index (χ2n) is 7.04. The molecule has 0 unspecified atom stereocenters. The Hall–Kier alpha value is -1.85. The van der Waals surface area contributed by atoms with Crippen LogP contribution in [0.5, 0.6) is 0 Å². The number of imidazole rings is 1. The zero-order valence-corrected chi connectivity index (χ0v) is 13.4. The molecule has 1 aliphatic heterocycles. The van der Waals surface area contributed by atoms with Gasteiger partial charge < -0.3 is 15.2 Å². The van der Waals surface area contributed by atoms with Crippen LogP contribution in [0.1, 0.15) is 78.2 Å². The molecule has 0 bridgehead atoms. The van der Waals surface area contributed by atoms with Crippen molar-refractivity contribution in [2.45, 2.75) is 76.4 Å². The van der Waals surface area contributed by atoms with E-state index in [1.54, 1.807) is 0 Å². The normalized spacial score (nSPS) is 21.0. The Morgan fingerprint density at radius 1 is 0.913 bits per heavy atom. The van der Waals surface area contributed by atoms with Crippen LogP contribution in [-0.4, -0.2) is 33.4 Å². The van der Waals surface area contributed by atoms with Crippen molar-refractivity contribution < 1.29 is 9.59 Å². The van der Waals surface area contributed by atoms with E-state index in [-0.39, 0.29) is 17.9 Å². The van der Waals surface area contributed by atoms with E-state index in [1.165, 1.54) is 12.8 Å². The van der Waals surface area contributed by atoms with Crippen molar-refractivity contribution in [3.05, 3.63) is 17.2 Å². The zero-order valence-electron chi connectivity index (χ0n) is 13.4. The van der Waals surface area contributed by atoms with E-state index in [9.17, 15) is 9.59 Å². The Bertz CT molecular complexity index is 627. The number of carbonyl (C=O) groups is 2. The number of fused-ring (bicyclic) bond motifs is 1. The smallest absolute Gasteiger partial charge is 0.287 e. The molecule has 0 aromatic carbocycles. The Labute approximate surface area is 136 Å². The van der Waals surface area contributed by atoms with Crippen LogP contribution < -0.4 is 10.6 Å². The van der Waals surface area contributed by atoms with E-state index in [0.717, 1.165) is 57.2 Å². The van der Waals surface area contributed by atoms with Crippen molar-refractivity contribution in [1.29, 1.82) is 0 Å². The number of carbonyl (C=O) groups excluding carboxylic acids is 2. The van der Waals surface area contributed by atoms with Crippen LogP contribution >= 0.6 is 0 Å². The maximum absolute atomic E-state index is 12.6. The first-order valence-corrected chi connectivity index (χ1v) is 8.93. The molecular formula is C17H24N4O2. The van der Waals surface area contributed by atoms with Gasteiger partial charge in [0.1, 0.15) is 5.69 Å². The van der Waals surface area contributed by atoms with Gasteiger partial charge in [0, 0.05) is 18.6 Å². The second kappa shape index (κ2) is 5.98. The summed E-state index contributed by atoms with van der Waals surface area (Å²) in [6.07, 6.45) is 9.49. The van der Waals surface area contributed by atoms with Gasteiger partial charge >= 0.3 is 0 Å². The molecule has 6 heteroatoms. The van der Waals surface area contributed by atoms with Crippen LogP contribution in [0.15, 0.2) is 0 Å². The van der Waals surface area contributed by atoms with Crippen molar-refractivity contribution in [2.75, 3.05) is 0 Å². The summed E-state index contributed by atoms with van der Waals surface area (Å²) in [5, 5.41) is 6.10. The topological polar surface area (TPSA) is 76.0 Å². The van der Waals surface area contributed by atoms with Crippen molar-refractivity contribution in [3.63, 3.8) is 0 Å². The maximum Gasteiger partial charge on any atom is 0.287 e. The van der Waals surface area contributed by atoms with Gasteiger partial charge in [-0.3, -0.25) is 9.59 Å². The molecule has 124 valence electrons. The van der Waals surface area contributed by atoms with Crippen LogP contribution in [0.2, 0.25) is 0 Å². The molecule has 4 rings (SSSR count). The van der Waals surface area contributed by atoms with Crippen LogP contribution in [0, 0.1) is 0 Å². The molecule has 2 saturated carbocycles. The number of nitrogens with one attached hydrogen (secondary N) is 2. The van der Waals surface area contributed by atoms with E-state index < -0.39 is 0 Å². The van der Waals surface area contributed by atoms with E-state index in [4.69, 9.17) is 0 Å². The molecule has 23 heavy (non-hydrogen) atoms. The molecule has 1 aromatic heterocycles. The minimum absolute atomic E-state index is 0.113. The first-order chi connectivity index (χ1) is 11.2. The fourth-order valence-corrected chi connectivity index (χ4v) is 3.70. The molecule has 3 aliphatic rings. The van der Waals surface area contributed by atoms with Crippen LogP contribution in [0.25, 0.3) is 0 Å². The largest absolute Gasteiger partial charge is 0.348 e. The first-order valence-electron chi connectivity index (χ1n) is 8.93. The highest BCUT2D eigenvalue weighted by Crippen LogP contribution is 2.24. The first kappa shape index (κ1) is 14.7. The summed E-state index contributed by atoms with van der Waals surface area (Å²) in [5.41, 5.74) is 1.40. The molecule has 0 saturated heterocycles. The van der Waals surface area contributed by atoms with E-state index in [1.807, 2.05) is 4.57 Å². The van der Waals surface area contributed by atoms with Gasteiger partial charge in [-0.25, -0.2) is 4.98 Å². The highest BCUT2D eigenvalue weighted by atomic mass is 16.2. The predicted molar refractivity (Wildman–Crippen MR) is 85.4 cm³/mol. The molecule has 2 heterocycles. The summed E-state index contributed by atoms with van der Waals surface area (Å²) in [6.45, 7) is 0.784. The summed E-state index contributed by atoms with van der Waals surface area (Å²) >= 11 is 0. The molecule has 1 aromatic rings. The molecule has 0 radical (unpaired) electrons. The number of nitrogens with zero attached hydrogens (tertiary/aromatic N) is 2. The SMILES string of the molecule is O=C(NC1CC1)c1nc(C(=O)NC2CCCC2)n2c1CCCC2. The number of hydrogen-bond donors (Lipinski definition) is 2. The van der Waals surface area contributed by atoms with Crippen molar-refractivity contribution >= 4 is 11.8 Å². The van der Waals surface area contributed by atoms with Crippen LogP contribution in [0.3, 0.4) is 0 Å². The monoisotopic (exact) mass is 316 g/mol. The lowest BCUT2D eigenvalue weighted by atomic mass is 10.1. The Kier molecular flexibility index (Phi) is 3.83. The summed E-state index contributed by atoms with van der Waals surface area (Å²) in [6, 6.07) is 0.571. The fraction of sp³-hybridized carbons (Fsp3) is 0.706. The molecule has 0 spiro atoms. The van der Waals surface area contributed by atoms with Crippen molar-refractivity contribution in [1.82, 2.24) is 20.2 Å². The lowest BCUT2D eigenvalue weighted by Crippen LogP contribution is -2.35. The van der Waals surface area contributed by atoms with Gasteiger partial charge in [0.15, 0.2) is 5.82 Å². The summed E-state index contributed by atoms with van der Waals surface area (Å²) in [7, 11) is 0. The van der Waals surface area contributed by atoms with E-state index in [2.05, 4.69) is 15.6 Å². The standard InChI is InChI=1S/C17H24N4O2/c22-16(18-12-8-9-12)14-13-7-3-4-10-21(13)15(20-14)17(23)19-11-5-1-2-6-11/h11-12H,1-10H2,(H,18,22)(H,19,23). The molecule has 6 nitrogen and oxygen atoms in total. The number of aromatic nitrogens is 2. The van der Waals surface area contributed by atoms with Crippen LogP contribution in [-0.2, 0) is 13.0 Å². The zero-order chi connectivity index (χ0) is 15.8. The highest BCUT2D eigenvalue weighted by Gasteiger charge is 2.31. The average Bonchev–Trinajstić information content (AvgIpc) is 3.08. The Morgan fingerprint density at radius 3 is 2.35 bits per heavy atom. The summed E-state index contributed by atoms with van der Waals surface area (Å²) in [4.78, 5) is 29.5. The minimum atomic E-state index is -0.120. The van der Waals surface area contributed by atoms with Crippen LogP contribution in [0.4, 0.5) is 0 Å². The fourth-order valence-electron chi connectivity index (χ4n) is 3.70. The predicted octanol–water partition coefficient (Wildman–Crippen LogP) is 1.78. The van der Waals surface area contributed by atoms with Gasteiger partial charge in [0.05, 0.1) is 5.69 Å². The van der Waals surface area contributed by atoms with Gasteiger partial charge in [0.25, 0.3) is 11.8 Å². The maximum atomic E-state index is 12.6. The third-order valence-corrected chi connectivity index (χ3v) is 5.14. The average molecular weight is 316 g/mol. The number of rotatable bonds is 4. The highest BCUT2D eigenvalue weighted by molar-refractivity contribution is 5.97. The quantitative estimate of drug-likeness (QED) is 0.889. The molecular weight excluding hydrogens is 292 g/mol. The van der Waals surface area contributed by atoms with Gasteiger partial charge in [-0.1, -0.05) is 12.8 Å². The molecule has 2 fully saturated rings. The lowest BCUT2D eigenvalue weighted by Gasteiger charge is -2.18. The third-order valence-electron chi connectivity index (χ3n) is 5.14. The number of hydrogen-bond acceptors (Lipinski definition) is 3. The van der Waals surface area contributed by atoms with E-state index >= 15 is 0 Å². The molecule has 2 aliphatic carbocycles. The molecule has 2 amide bonds. The van der Waals surface area contributed by atoms with Crippen molar-refractivity contribution in [2.24, 2.45) is 0 Å². The van der Waals surface area contributed by atoms with Gasteiger partial charge in [-0.15, -0.1) is 0 Å². The summed E-state index contributed by atoms with van der Waals surface area (Å²) in [5.74, 6) is 0.191. The molecule has 2 N–H and O–H groups in total. The Morgan fingerprint density at radius 2 is 1.61 bits per heavy atom. The second-order valence-corrected chi connectivity index (χ2v) is 7.04.